The highest BCUT2D eigenvalue weighted by molar-refractivity contribution is 5.79. The van der Waals surface area contributed by atoms with E-state index >= 15 is 0 Å². The first-order chi connectivity index (χ1) is 14.9. The molecule has 1 unspecified atom stereocenters. The van der Waals surface area contributed by atoms with E-state index in [0.717, 1.165) is 66.2 Å². The summed E-state index contributed by atoms with van der Waals surface area (Å²) in [5.41, 5.74) is 2.27. The van der Waals surface area contributed by atoms with Gasteiger partial charge in [0.05, 0.1) is 20.3 Å². The van der Waals surface area contributed by atoms with Crippen molar-refractivity contribution in [1.29, 1.82) is 0 Å². The van der Waals surface area contributed by atoms with Gasteiger partial charge < -0.3 is 29.0 Å². The number of hydrogen-bond donors (Lipinski definition) is 1. The molecule has 0 spiro atoms. The minimum atomic E-state index is 0.221. The number of hydrogen-bond acceptors (Lipinski definition) is 6. The molecule has 31 heavy (non-hydrogen) atoms. The van der Waals surface area contributed by atoms with Crippen molar-refractivity contribution in [2.75, 3.05) is 34.4 Å². The van der Waals surface area contributed by atoms with Crippen LogP contribution in [0.1, 0.15) is 35.6 Å². The molecule has 1 saturated heterocycles. The largest absolute Gasteiger partial charge is 0.493 e. The van der Waals surface area contributed by atoms with Gasteiger partial charge in [-0.25, -0.2) is 4.99 Å². The van der Waals surface area contributed by atoms with Gasteiger partial charge >= 0.3 is 0 Å². The molecule has 9 heteroatoms. The second-order valence-electron chi connectivity index (χ2n) is 7.87. The number of methoxy groups -OCH3 is 2. The maximum absolute atomic E-state index is 5.77. The Morgan fingerprint density at radius 1 is 1.26 bits per heavy atom. The van der Waals surface area contributed by atoms with E-state index in [2.05, 4.69) is 27.3 Å². The van der Waals surface area contributed by atoms with Gasteiger partial charge in [-0.05, 0) is 49.9 Å². The third-order valence-electron chi connectivity index (χ3n) is 5.68. The van der Waals surface area contributed by atoms with Crippen LogP contribution in [0.3, 0.4) is 0 Å². The molecule has 0 saturated carbocycles. The van der Waals surface area contributed by atoms with E-state index in [-0.39, 0.29) is 6.10 Å². The molecule has 1 fully saturated rings. The molecule has 1 N–H and O–H groups in total. The lowest BCUT2D eigenvalue weighted by Gasteiger charge is -2.25. The summed E-state index contributed by atoms with van der Waals surface area (Å²) in [5.74, 6) is 3.94. The summed E-state index contributed by atoms with van der Waals surface area (Å²) >= 11 is 0. The number of nitrogens with zero attached hydrogens (tertiary/aromatic N) is 5. The number of nitrogens with one attached hydrogen (secondary N) is 1. The Kier molecular flexibility index (Phi) is 7.73. The third kappa shape index (κ3) is 5.66. The maximum atomic E-state index is 5.77. The lowest BCUT2D eigenvalue weighted by molar-refractivity contribution is 0.113. The topological polar surface area (TPSA) is 86.0 Å². The molecule has 2 heterocycles. The normalized spacial score (nSPS) is 16.5. The van der Waals surface area contributed by atoms with Crippen LogP contribution in [-0.4, -0.2) is 66.1 Å². The standard InChI is InChI=1S/C22H34N6O3/c1-15-10-19(29-5)20(30-6)11-17(15)14-27(3)22(23-12-18-8-7-9-31-18)24-13-21-26-25-16(2)28(21)4/h10-11,18H,7-9,12-14H2,1-6H3,(H,23,24). The van der Waals surface area contributed by atoms with Crippen molar-refractivity contribution in [2.24, 2.45) is 12.0 Å². The maximum Gasteiger partial charge on any atom is 0.194 e. The number of aromatic nitrogens is 3. The average molecular weight is 431 g/mol. The first-order valence-corrected chi connectivity index (χ1v) is 10.6. The number of ether oxygens (including phenoxy) is 3. The van der Waals surface area contributed by atoms with Crippen LogP contribution in [0.2, 0.25) is 0 Å². The summed E-state index contributed by atoms with van der Waals surface area (Å²) in [6.45, 7) is 6.68. The fraction of sp³-hybridized carbons (Fsp3) is 0.591. The molecule has 2 aromatic rings. The molecule has 0 aliphatic carbocycles. The smallest absolute Gasteiger partial charge is 0.194 e. The molecule has 170 valence electrons. The van der Waals surface area contributed by atoms with E-state index in [1.54, 1.807) is 14.2 Å². The van der Waals surface area contributed by atoms with Crippen molar-refractivity contribution in [2.45, 2.75) is 45.9 Å². The number of benzene rings is 1. The van der Waals surface area contributed by atoms with E-state index in [0.29, 0.717) is 13.1 Å². The van der Waals surface area contributed by atoms with Gasteiger partial charge in [-0.1, -0.05) is 0 Å². The zero-order chi connectivity index (χ0) is 22.4. The van der Waals surface area contributed by atoms with Gasteiger partial charge in [0.1, 0.15) is 12.4 Å². The molecule has 0 bridgehead atoms. The Morgan fingerprint density at radius 3 is 2.61 bits per heavy atom. The summed E-state index contributed by atoms with van der Waals surface area (Å²) in [6, 6.07) is 4.02. The molecule has 1 aliphatic heterocycles. The zero-order valence-electron chi connectivity index (χ0n) is 19.4. The van der Waals surface area contributed by atoms with Gasteiger partial charge in [-0.2, -0.15) is 0 Å². The van der Waals surface area contributed by atoms with Crippen LogP contribution in [-0.2, 0) is 24.9 Å². The van der Waals surface area contributed by atoms with E-state index in [9.17, 15) is 0 Å². The van der Waals surface area contributed by atoms with E-state index in [4.69, 9.17) is 19.2 Å². The summed E-state index contributed by atoms with van der Waals surface area (Å²) in [4.78, 5) is 6.93. The molecule has 1 atom stereocenters. The second kappa shape index (κ2) is 10.5. The van der Waals surface area contributed by atoms with Crippen LogP contribution in [0.15, 0.2) is 17.1 Å². The van der Waals surface area contributed by atoms with Crippen molar-refractivity contribution in [3.8, 4) is 11.5 Å². The highest BCUT2D eigenvalue weighted by Crippen LogP contribution is 2.30. The summed E-state index contributed by atoms with van der Waals surface area (Å²) in [6.07, 6.45) is 2.40. The van der Waals surface area contributed by atoms with Gasteiger partial charge in [-0.3, -0.25) is 0 Å². The fourth-order valence-electron chi connectivity index (χ4n) is 3.58. The first kappa shape index (κ1) is 22.9. The predicted molar refractivity (Wildman–Crippen MR) is 120 cm³/mol. The van der Waals surface area contributed by atoms with Gasteiger partial charge in [0.25, 0.3) is 0 Å². The Hall–Kier alpha value is -2.81. The highest BCUT2D eigenvalue weighted by Gasteiger charge is 2.18. The van der Waals surface area contributed by atoms with Crippen molar-refractivity contribution >= 4 is 5.96 Å². The summed E-state index contributed by atoms with van der Waals surface area (Å²) in [7, 11) is 7.28. The zero-order valence-corrected chi connectivity index (χ0v) is 19.4. The second-order valence-corrected chi connectivity index (χ2v) is 7.87. The fourth-order valence-corrected chi connectivity index (χ4v) is 3.58. The van der Waals surface area contributed by atoms with Crippen LogP contribution >= 0.6 is 0 Å². The molecule has 0 radical (unpaired) electrons. The highest BCUT2D eigenvalue weighted by atomic mass is 16.5. The van der Waals surface area contributed by atoms with Crippen molar-refractivity contribution < 1.29 is 14.2 Å². The van der Waals surface area contributed by atoms with Gasteiger partial charge in [-0.15, -0.1) is 10.2 Å². The van der Waals surface area contributed by atoms with Crippen LogP contribution in [0.5, 0.6) is 11.5 Å². The quantitative estimate of drug-likeness (QED) is 0.508. The molecule has 1 aliphatic rings. The molecule has 9 nitrogen and oxygen atoms in total. The molecule has 0 amide bonds. The van der Waals surface area contributed by atoms with Crippen molar-refractivity contribution in [1.82, 2.24) is 25.0 Å². The minimum absolute atomic E-state index is 0.221. The molecule has 3 rings (SSSR count). The molecule has 1 aromatic carbocycles. The van der Waals surface area contributed by atoms with Crippen LogP contribution in [0, 0.1) is 13.8 Å². The van der Waals surface area contributed by atoms with Crippen LogP contribution in [0.4, 0.5) is 0 Å². The van der Waals surface area contributed by atoms with Crippen LogP contribution in [0.25, 0.3) is 0 Å². The van der Waals surface area contributed by atoms with E-state index in [1.807, 2.05) is 37.7 Å². The number of aryl methyl sites for hydroxylation is 2. The van der Waals surface area contributed by atoms with Gasteiger partial charge in [0.2, 0.25) is 0 Å². The number of guanidine groups is 1. The average Bonchev–Trinajstić information content (AvgIpc) is 3.39. The first-order valence-electron chi connectivity index (χ1n) is 10.6. The summed E-state index contributed by atoms with van der Waals surface area (Å²) < 4.78 is 18.6. The Labute approximate surface area is 184 Å². The Balaban J connectivity index is 1.78. The summed E-state index contributed by atoms with van der Waals surface area (Å²) in [5, 5.41) is 11.8. The SMILES string of the molecule is COc1cc(C)c(CN(C)C(=NCc2nnc(C)n2C)NCC2CCCO2)cc1OC. The van der Waals surface area contributed by atoms with Gasteiger partial charge in [0.15, 0.2) is 23.3 Å². The van der Waals surface area contributed by atoms with Crippen LogP contribution < -0.4 is 14.8 Å². The number of aliphatic imine (C=N–C) groups is 1. The monoisotopic (exact) mass is 430 g/mol. The third-order valence-corrected chi connectivity index (χ3v) is 5.68. The molecule has 1 aromatic heterocycles. The Bertz CT molecular complexity index is 905. The van der Waals surface area contributed by atoms with E-state index in [1.165, 1.54) is 0 Å². The van der Waals surface area contributed by atoms with Crippen molar-refractivity contribution in [3.05, 3.63) is 34.9 Å². The van der Waals surface area contributed by atoms with Gasteiger partial charge in [0, 0.05) is 33.8 Å². The Morgan fingerprint density at radius 2 is 2.00 bits per heavy atom. The number of rotatable bonds is 8. The van der Waals surface area contributed by atoms with Crippen molar-refractivity contribution in [3.63, 3.8) is 0 Å². The molecular formula is C22H34N6O3. The predicted octanol–water partition coefficient (Wildman–Crippen LogP) is 2.21. The lowest BCUT2D eigenvalue weighted by atomic mass is 10.1. The minimum Gasteiger partial charge on any atom is -0.493 e. The van der Waals surface area contributed by atoms with E-state index < -0.39 is 0 Å². The molecular weight excluding hydrogens is 396 g/mol. The lowest BCUT2D eigenvalue weighted by Crippen LogP contribution is -2.42.